The first-order chi connectivity index (χ1) is 12.5. The molecule has 26 heavy (non-hydrogen) atoms. The first-order valence-corrected chi connectivity index (χ1v) is 8.92. The van der Waals surface area contributed by atoms with Crippen LogP contribution in [0, 0.1) is 6.92 Å². The van der Waals surface area contributed by atoms with Gasteiger partial charge < -0.3 is 14.3 Å². The summed E-state index contributed by atoms with van der Waals surface area (Å²) in [6.45, 7) is 4.10. The minimum absolute atomic E-state index is 0.335. The van der Waals surface area contributed by atoms with Crippen molar-refractivity contribution < 1.29 is 19.1 Å². The third kappa shape index (κ3) is 3.74. The number of carbonyl (C=O) groups is 1. The third-order valence-electron chi connectivity index (χ3n) is 4.91. The summed E-state index contributed by atoms with van der Waals surface area (Å²) in [5.74, 6) is 1.31. The molecule has 0 fully saturated rings. The maximum absolute atomic E-state index is 11.7. The number of esters is 1. The minimum Gasteiger partial charge on any atom is -0.508 e. The highest BCUT2D eigenvalue weighted by Gasteiger charge is 2.14. The number of rotatable bonds is 6. The van der Waals surface area contributed by atoms with Crippen LogP contribution in [0.4, 0.5) is 0 Å². The molecular weight excluding hydrogens is 328 g/mol. The van der Waals surface area contributed by atoms with E-state index in [1.54, 1.807) is 18.2 Å². The second kappa shape index (κ2) is 7.65. The van der Waals surface area contributed by atoms with Crippen LogP contribution in [0.25, 0.3) is 11.0 Å². The minimum atomic E-state index is -0.344. The molecule has 0 aliphatic carbocycles. The lowest BCUT2D eigenvalue weighted by molar-refractivity contribution is 0.0601. The lowest BCUT2D eigenvalue weighted by atomic mass is 9.90. The van der Waals surface area contributed by atoms with Crippen molar-refractivity contribution in [3.63, 3.8) is 0 Å². The number of aryl methyl sites for hydroxylation is 2. The topological polar surface area (TPSA) is 59.7 Å². The Kier molecular flexibility index (Phi) is 5.31. The van der Waals surface area contributed by atoms with Crippen LogP contribution in [-0.2, 0) is 11.2 Å². The van der Waals surface area contributed by atoms with E-state index in [4.69, 9.17) is 9.15 Å². The first-order valence-electron chi connectivity index (χ1n) is 8.92. The van der Waals surface area contributed by atoms with Crippen LogP contribution in [0.5, 0.6) is 5.75 Å². The van der Waals surface area contributed by atoms with E-state index < -0.39 is 0 Å². The largest absolute Gasteiger partial charge is 0.508 e. The standard InChI is InChI=1S/C22H24O4/c1-4-15(16-6-9-20(23)14(2)11-16)5-8-19-13-18-12-17(22(24)25-3)7-10-21(18)26-19/h6-7,9-13,15,23H,4-5,8H2,1-3H3. The molecule has 3 rings (SSSR count). The highest BCUT2D eigenvalue weighted by Crippen LogP contribution is 2.30. The van der Waals surface area contributed by atoms with Crippen LogP contribution < -0.4 is 0 Å². The van der Waals surface area contributed by atoms with Crippen LogP contribution in [0.15, 0.2) is 46.9 Å². The van der Waals surface area contributed by atoms with E-state index in [0.717, 1.165) is 41.6 Å². The Morgan fingerprint density at radius 2 is 2.00 bits per heavy atom. The molecule has 4 heteroatoms. The monoisotopic (exact) mass is 352 g/mol. The second-order valence-electron chi connectivity index (χ2n) is 6.65. The molecule has 1 heterocycles. The molecule has 0 saturated carbocycles. The molecule has 0 aliphatic rings. The fourth-order valence-corrected chi connectivity index (χ4v) is 3.32. The zero-order valence-corrected chi connectivity index (χ0v) is 15.4. The SMILES string of the molecule is CCC(CCc1cc2cc(C(=O)OC)ccc2o1)c1ccc(O)c(C)c1. The highest BCUT2D eigenvalue weighted by atomic mass is 16.5. The molecule has 4 nitrogen and oxygen atoms in total. The summed E-state index contributed by atoms with van der Waals surface area (Å²) in [7, 11) is 1.38. The zero-order valence-electron chi connectivity index (χ0n) is 15.4. The van der Waals surface area contributed by atoms with E-state index in [0.29, 0.717) is 17.2 Å². The Morgan fingerprint density at radius 1 is 1.19 bits per heavy atom. The predicted octanol–water partition coefficient (Wildman–Crippen LogP) is 5.36. The molecule has 0 radical (unpaired) electrons. The van der Waals surface area contributed by atoms with Gasteiger partial charge in [-0.25, -0.2) is 4.79 Å². The number of carbonyl (C=O) groups excluding carboxylic acids is 1. The van der Waals surface area contributed by atoms with E-state index in [-0.39, 0.29) is 5.97 Å². The Labute approximate surface area is 153 Å². The number of fused-ring (bicyclic) bond motifs is 1. The van der Waals surface area contributed by atoms with Crippen LogP contribution in [0.2, 0.25) is 0 Å². The summed E-state index contributed by atoms with van der Waals surface area (Å²) in [5, 5.41) is 10.6. The smallest absolute Gasteiger partial charge is 0.337 e. The maximum Gasteiger partial charge on any atom is 0.337 e. The number of aromatic hydroxyl groups is 1. The summed E-state index contributed by atoms with van der Waals surface area (Å²) in [4.78, 5) is 11.7. The quantitative estimate of drug-likeness (QED) is 0.607. The number of benzene rings is 2. The van der Waals surface area contributed by atoms with E-state index in [9.17, 15) is 9.90 Å². The second-order valence-corrected chi connectivity index (χ2v) is 6.65. The lowest BCUT2D eigenvalue weighted by Crippen LogP contribution is -2.00. The molecule has 1 N–H and O–H groups in total. The average Bonchev–Trinajstić information content (AvgIpc) is 3.06. The predicted molar refractivity (Wildman–Crippen MR) is 102 cm³/mol. The Balaban J connectivity index is 1.75. The molecule has 136 valence electrons. The molecule has 0 aliphatic heterocycles. The van der Waals surface area contributed by atoms with E-state index in [2.05, 4.69) is 13.0 Å². The normalized spacial score (nSPS) is 12.3. The van der Waals surface area contributed by atoms with E-state index in [1.165, 1.54) is 12.7 Å². The molecular formula is C22H24O4. The summed E-state index contributed by atoms with van der Waals surface area (Å²) >= 11 is 0. The average molecular weight is 352 g/mol. The Hall–Kier alpha value is -2.75. The molecule has 1 unspecified atom stereocenters. The van der Waals surface area contributed by atoms with Crippen molar-refractivity contribution in [1.82, 2.24) is 0 Å². The van der Waals surface area contributed by atoms with Gasteiger partial charge in [0.15, 0.2) is 0 Å². The van der Waals surface area contributed by atoms with Gasteiger partial charge in [-0.05, 0) is 67.1 Å². The van der Waals surface area contributed by atoms with Gasteiger partial charge in [0.05, 0.1) is 12.7 Å². The highest BCUT2D eigenvalue weighted by molar-refractivity contribution is 5.94. The van der Waals surface area contributed by atoms with Gasteiger partial charge in [-0.15, -0.1) is 0 Å². The summed E-state index contributed by atoms with van der Waals surface area (Å²) in [5.41, 5.74) is 3.45. The zero-order chi connectivity index (χ0) is 18.7. The fraction of sp³-hybridized carbons (Fsp3) is 0.318. The van der Waals surface area contributed by atoms with Crippen LogP contribution in [0.1, 0.15) is 52.9 Å². The molecule has 0 bridgehead atoms. The van der Waals surface area contributed by atoms with Gasteiger partial charge in [0.2, 0.25) is 0 Å². The van der Waals surface area contributed by atoms with Crippen molar-refractivity contribution in [3.8, 4) is 5.75 Å². The van der Waals surface area contributed by atoms with Gasteiger partial charge in [0.1, 0.15) is 17.1 Å². The molecule has 0 amide bonds. The number of hydrogen-bond donors (Lipinski definition) is 1. The molecule has 2 aromatic carbocycles. The molecule has 1 aromatic heterocycles. The van der Waals surface area contributed by atoms with Crippen molar-refractivity contribution >= 4 is 16.9 Å². The first kappa shape index (κ1) is 18.1. The Bertz CT molecular complexity index is 923. The fourth-order valence-electron chi connectivity index (χ4n) is 3.32. The molecule has 0 spiro atoms. The van der Waals surface area contributed by atoms with Crippen molar-refractivity contribution in [2.75, 3.05) is 7.11 Å². The van der Waals surface area contributed by atoms with Gasteiger partial charge in [-0.1, -0.05) is 19.1 Å². The number of phenolic OH excluding ortho intramolecular Hbond substituents is 1. The number of phenols is 1. The van der Waals surface area contributed by atoms with Gasteiger partial charge >= 0.3 is 5.97 Å². The van der Waals surface area contributed by atoms with Crippen molar-refractivity contribution in [2.45, 2.75) is 39.0 Å². The number of methoxy groups -OCH3 is 1. The molecule has 1 atom stereocenters. The molecule has 3 aromatic rings. The summed E-state index contributed by atoms with van der Waals surface area (Å²) in [6, 6.07) is 13.2. The van der Waals surface area contributed by atoms with Crippen molar-refractivity contribution in [3.05, 3.63) is 64.9 Å². The number of ether oxygens (including phenoxy) is 1. The van der Waals surface area contributed by atoms with E-state index in [1.807, 2.05) is 25.1 Å². The lowest BCUT2D eigenvalue weighted by Gasteiger charge is -2.15. The van der Waals surface area contributed by atoms with Crippen molar-refractivity contribution in [1.29, 1.82) is 0 Å². The number of furan rings is 1. The molecule has 0 saturated heterocycles. The summed E-state index contributed by atoms with van der Waals surface area (Å²) < 4.78 is 10.7. The van der Waals surface area contributed by atoms with Gasteiger partial charge in [-0.3, -0.25) is 0 Å². The Morgan fingerprint density at radius 3 is 2.69 bits per heavy atom. The third-order valence-corrected chi connectivity index (χ3v) is 4.91. The van der Waals surface area contributed by atoms with Crippen LogP contribution >= 0.6 is 0 Å². The van der Waals surface area contributed by atoms with Gasteiger partial charge in [-0.2, -0.15) is 0 Å². The van der Waals surface area contributed by atoms with Gasteiger partial charge in [0.25, 0.3) is 0 Å². The van der Waals surface area contributed by atoms with Crippen LogP contribution in [-0.4, -0.2) is 18.2 Å². The van der Waals surface area contributed by atoms with Crippen molar-refractivity contribution in [2.24, 2.45) is 0 Å². The van der Waals surface area contributed by atoms with Crippen LogP contribution in [0.3, 0.4) is 0 Å². The number of hydrogen-bond acceptors (Lipinski definition) is 4. The summed E-state index contributed by atoms with van der Waals surface area (Å²) in [6.07, 6.45) is 2.81. The van der Waals surface area contributed by atoms with Gasteiger partial charge in [0, 0.05) is 11.8 Å². The maximum atomic E-state index is 11.7. The van der Waals surface area contributed by atoms with E-state index >= 15 is 0 Å².